The molecule has 0 spiro atoms. The van der Waals surface area contributed by atoms with Gasteiger partial charge in [0.25, 0.3) is 0 Å². The number of anilines is 1. The van der Waals surface area contributed by atoms with E-state index in [0.717, 1.165) is 0 Å². The number of fused-ring (bicyclic) bond motifs is 1. The molecule has 2 N–H and O–H groups in total. The summed E-state index contributed by atoms with van der Waals surface area (Å²) in [7, 11) is -1.66. The van der Waals surface area contributed by atoms with Crippen molar-refractivity contribution in [1.82, 2.24) is 15.1 Å². The van der Waals surface area contributed by atoms with Gasteiger partial charge >= 0.3 is 12.1 Å². The molecule has 6 nitrogen and oxygen atoms in total. The second-order valence-corrected chi connectivity index (χ2v) is 7.83. The fourth-order valence-electron chi connectivity index (χ4n) is 2.60. The highest BCUT2D eigenvalue weighted by atomic mass is 35.5. The second-order valence-electron chi connectivity index (χ2n) is 5.80. The van der Waals surface area contributed by atoms with Crippen molar-refractivity contribution in [3.63, 3.8) is 0 Å². The molecule has 0 aliphatic rings. The summed E-state index contributed by atoms with van der Waals surface area (Å²) in [6, 6.07) is 9.14. The number of nitrogens with zero attached hydrogens (tertiary/aromatic N) is 2. The van der Waals surface area contributed by atoms with Crippen LogP contribution in [0.15, 0.2) is 52.0 Å². The smallest absolute Gasteiger partial charge is 0.358 e. The topological polar surface area (TPSA) is 83.8 Å². The highest BCUT2D eigenvalue weighted by Gasteiger charge is 2.38. The number of nitrogens with one attached hydrogen (secondary N) is 2. The summed E-state index contributed by atoms with van der Waals surface area (Å²) in [6.07, 6.45) is -3.15. The predicted molar refractivity (Wildman–Crippen MR) is 103 cm³/mol. The number of aromatic nitrogens is 3. The standard InChI is InChI=1S/C17H9Cl2F3N4O2S/c18-10-5-6-12(14-13(10)11(19)7-23-14)26-29(27)9-3-1-8(2-4-9)15-24-16(28-25-15)17(20,21)22/h1-7,23,26H. The van der Waals surface area contributed by atoms with Crippen LogP contribution in [0.1, 0.15) is 5.89 Å². The van der Waals surface area contributed by atoms with Gasteiger partial charge in [0.05, 0.1) is 26.1 Å². The molecule has 2 aromatic heterocycles. The van der Waals surface area contributed by atoms with Gasteiger partial charge in [-0.1, -0.05) is 28.4 Å². The lowest BCUT2D eigenvalue weighted by Gasteiger charge is -2.08. The number of benzene rings is 2. The van der Waals surface area contributed by atoms with Gasteiger partial charge in [0.15, 0.2) is 0 Å². The number of aromatic amines is 1. The molecular formula is C17H9Cl2F3N4O2S. The van der Waals surface area contributed by atoms with E-state index in [9.17, 15) is 17.4 Å². The molecule has 4 aromatic rings. The van der Waals surface area contributed by atoms with Crippen LogP contribution >= 0.6 is 23.2 Å². The summed E-state index contributed by atoms with van der Waals surface area (Å²) in [5, 5.41) is 4.80. The molecule has 1 atom stereocenters. The average Bonchev–Trinajstić information content (AvgIpc) is 3.32. The van der Waals surface area contributed by atoms with Crippen LogP contribution in [0.5, 0.6) is 0 Å². The summed E-state index contributed by atoms with van der Waals surface area (Å²) >= 11 is 12.2. The van der Waals surface area contributed by atoms with Gasteiger partial charge in [-0.05, 0) is 36.4 Å². The molecule has 0 bridgehead atoms. The minimum Gasteiger partial charge on any atom is -0.358 e. The summed E-state index contributed by atoms with van der Waals surface area (Å²) in [5.74, 6) is -1.65. The molecule has 0 amide bonds. The molecule has 1 unspecified atom stereocenters. The first-order valence-corrected chi connectivity index (χ1v) is 9.79. The van der Waals surface area contributed by atoms with Crippen LogP contribution in [0, 0.1) is 0 Å². The number of rotatable bonds is 4. The quantitative estimate of drug-likeness (QED) is 0.410. The van der Waals surface area contributed by atoms with Gasteiger partial charge in [0.2, 0.25) is 5.82 Å². The van der Waals surface area contributed by atoms with Gasteiger partial charge in [-0.3, -0.25) is 4.72 Å². The minimum absolute atomic E-state index is 0.219. The first-order chi connectivity index (χ1) is 13.7. The Morgan fingerprint density at radius 2 is 1.79 bits per heavy atom. The van der Waals surface area contributed by atoms with Crippen LogP contribution in [0.2, 0.25) is 10.0 Å². The van der Waals surface area contributed by atoms with Crippen molar-refractivity contribution in [3.05, 3.63) is 58.5 Å². The minimum atomic E-state index is -4.72. The maximum absolute atomic E-state index is 12.7. The maximum atomic E-state index is 12.7. The van der Waals surface area contributed by atoms with Gasteiger partial charge in [0, 0.05) is 17.1 Å². The summed E-state index contributed by atoms with van der Waals surface area (Å²) in [4.78, 5) is 6.67. The maximum Gasteiger partial charge on any atom is 0.471 e. The molecule has 0 saturated heterocycles. The lowest BCUT2D eigenvalue weighted by Crippen LogP contribution is -2.05. The van der Waals surface area contributed by atoms with Crippen molar-refractivity contribution in [2.75, 3.05) is 4.72 Å². The van der Waals surface area contributed by atoms with Crippen molar-refractivity contribution >= 4 is 50.8 Å². The zero-order valence-corrected chi connectivity index (χ0v) is 16.4. The van der Waals surface area contributed by atoms with Gasteiger partial charge in [-0.2, -0.15) is 18.2 Å². The molecular weight excluding hydrogens is 452 g/mol. The van der Waals surface area contributed by atoms with E-state index in [4.69, 9.17) is 23.2 Å². The average molecular weight is 461 g/mol. The molecule has 0 radical (unpaired) electrons. The van der Waals surface area contributed by atoms with E-state index in [0.29, 0.717) is 31.5 Å². The fourth-order valence-corrected chi connectivity index (χ4v) is 4.03. The van der Waals surface area contributed by atoms with E-state index in [1.54, 1.807) is 18.3 Å². The Balaban J connectivity index is 1.56. The van der Waals surface area contributed by atoms with E-state index in [2.05, 4.69) is 24.4 Å². The molecule has 4 rings (SSSR count). The highest BCUT2D eigenvalue weighted by Crippen LogP contribution is 2.35. The third kappa shape index (κ3) is 3.83. The molecule has 0 aliphatic carbocycles. The van der Waals surface area contributed by atoms with Crippen molar-refractivity contribution in [1.29, 1.82) is 0 Å². The van der Waals surface area contributed by atoms with E-state index in [-0.39, 0.29) is 11.4 Å². The molecule has 0 fully saturated rings. The molecule has 150 valence electrons. The zero-order valence-electron chi connectivity index (χ0n) is 14.1. The van der Waals surface area contributed by atoms with Crippen molar-refractivity contribution in [2.45, 2.75) is 11.1 Å². The molecule has 0 saturated carbocycles. The Kier molecular flexibility index (Phi) is 5.01. The van der Waals surface area contributed by atoms with Crippen molar-refractivity contribution in [3.8, 4) is 11.4 Å². The first-order valence-electron chi connectivity index (χ1n) is 7.89. The Morgan fingerprint density at radius 1 is 1.07 bits per heavy atom. The van der Waals surface area contributed by atoms with E-state index >= 15 is 0 Å². The number of H-pyrrole nitrogens is 1. The van der Waals surface area contributed by atoms with Crippen molar-refractivity contribution in [2.24, 2.45) is 0 Å². The molecule has 0 aliphatic heterocycles. The second kappa shape index (κ2) is 7.36. The van der Waals surface area contributed by atoms with E-state index < -0.39 is 23.1 Å². The molecule has 12 heteroatoms. The zero-order chi connectivity index (χ0) is 20.8. The first kappa shape index (κ1) is 19.7. The Bertz CT molecular complexity index is 1220. The van der Waals surface area contributed by atoms with Crippen LogP contribution < -0.4 is 4.72 Å². The van der Waals surface area contributed by atoms with Crippen LogP contribution in [-0.2, 0) is 17.2 Å². The SMILES string of the molecule is O=S(Nc1ccc(Cl)c2c(Cl)c[nH]c12)c1ccc(-c2noc(C(F)(F)F)n2)cc1. The van der Waals surface area contributed by atoms with Crippen molar-refractivity contribution < 1.29 is 21.9 Å². The van der Waals surface area contributed by atoms with Crippen LogP contribution in [0.25, 0.3) is 22.3 Å². The van der Waals surface area contributed by atoms with Gasteiger partial charge in [0.1, 0.15) is 11.0 Å². The van der Waals surface area contributed by atoms with Gasteiger partial charge < -0.3 is 9.51 Å². The Hall–Kier alpha value is -2.56. The fraction of sp³-hybridized carbons (Fsp3) is 0.0588. The van der Waals surface area contributed by atoms with E-state index in [1.807, 2.05) is 0 Å². The summed E-state index contributed by atoms with van der Waals surface area (Å²) in [5.41, 5.74) is 1.40. The Morgan fingerprint density at radius 3 is 2.45 bits per heavy atom. The monoisotopic (exact) mass is 460 g/mol. The third-order valence-corrected chi connectivity index (χ3v) is 5.65. The lowest BCUT2D eigenvalue weighted by molar-refractivity contribution is -0.159. The van der Waals surface area contributed by atoms with Crippen LogP contribution in [0.3, 0.4) is 0 Å². The molecule has 2 aromatic carbocycles. The molecule has 2 heterocycles. The van der Waals surface area contributed by atoms with Gasteiger partial charge in [-0.25, -0.2) is 4.21 Å². The lowest BCUT2D eigenvalue weighted by atomic mass is 10.2. The van der Waals surface area contributed by atoms with Gasteiger partial charge in [-0.15, -0.1) is 0 Å². The normalized spacial score (nSPS) is 13.0. The number of alkyl halides is 3. The van der Waals surface area contributed by atoms with Crippen LogP contribution in [0.4, 0.5) is 18.9 Å². The number of hydrogen-bond donors (Lipinski definition) is 2. The molecule has 29 heavy (non-hydrogen) atoms. The number of hydrogen-bond acceptors (Lipinski definition) is 4. The number of halogens is 5. The predicted octanol–water partition coefficient (Wildman–Crippen LogP) is 5.68. The largest absolute Gasteiger partial charge is 0.471 e. The van der Waals surface area contributed by atoms with E-state index in [1.165, 1.54) is 24.3 Å². The summed E-state index contributed by atoms with van der Waals surface area (Å²) < 4.78 is 57.4. The summed E-state index contributed by atoms with van der Waals surface area (Å²) in [6.45, 7) is 0. The highest BCUT2D eigenvalue weighted by molar-refractivity contribution is 7.86. The third-order valence-electron chi connectivity index (χ3n) is 3.93. The Labute approximate surface area is 173 Å². The van der Waals surface area contributed by atoms with Crippen LogP contribution in [-0.4, -0.2) is 19.3 Å².